The van der Waals surface area contributed by atoms with E-state index in [1.807, 2.05) is 19.1 Å². The normalized spacial score (nSPS) is 18.7. The zero-order valence-electron chi connectivity index (χ0n) is 10.4. The molecule has 17 heavy (non-hydrogen) atoms. The highest BCUT2D eigenvalue weighted by molar-refractivity contribution is 5.81. The molecule has 1 amide bonds. The lowest BCUT2D eigenvalue weighted by molar-refractivity contribution is -0.123. The maximum Gasteiger partial charge on any atom is 0.237 e. The number of furan rings is 1. The Balaban J connectivity index is 1.72. The number of hydrogen-bond acceptors (Lipinski definition) is 3. The van der Waals surface area contributed by atoms with Gasteiger partial charge in [0.05, 0.1) is 12.3 Å². The molecule has 2 N–H and O–H groups in total. The van der Waals surface area contributed by atoms with E-state index in [-0.39, 0.29) is 18.0 Å². The van der Waals surface area contributed by atoms with E-state index in [1.54, 1.807) is 6.26 Å². The second kappa shape index (κ2) is 5.36. The Morgan fingerprint density at radius 1 is 1.53 bits per heavy atom. The van der Waals surface area contributed by atoms with Gasteiger partial charge in [-0.15, -0.1) is 0 Å². The van der Waals surface area contributed by atoms with Crippen molar-refractivity contribution in [2.45, 2.75) is 51.2 Å². The first-order valence-electron chi connectivity index (χ1n) is 6.24. The van der Waals surface area contributed by atoms with Gasteiger partial charge >= 0.3 is 0 Å². The summed E-state index contributed by atoms with van der Waals surface area (Å²) in [7, 11) is 0. The van der Waals surface area contributed by atoms with Crippen molar-refractivity contribution in [1.82, 2.24) is 10.6 Å². The van der Waals surface area contributed by atoms with Gasteiger partial charge in [-0.2, -0.15) is 0 Å². The van der Waals surface area contributed by atoms with Crippen LogP contribution in [-0.2, 0) is 11.2 Å². The van der Waals surface area contributed by atoms with Gasteiger partial charge in [-0.1, -0.05) is 0 Å². The minimum atomic E-state index is -0.152. The molecule has 4 heteroatoms. The topological polar surface area (TPSA) is 54.3 Å². The maximum absolute atomic E-state index is 11.7. The van der Waals surface area contributed by atoms with Crippen LogP contribution in [0.5, 0.6) is 0 Å². The molecule has 1 aromatic heterocycles. The fourth-order valence-electron chi connectivity index (χ4n) is 1.85. The smallest absolute Gasteiger partial charge is 0.237 e. The summed E-state index contributed by atoms with van der Waals surface area (Å²) in [6.45, 7) is 3.96. The van der Waals surface area contributed by atoms with E-state index in [0.29, 0.717) is 6.04 Å². The quantitative estimate of drug-likeness (QED) is 0.786. The van der Waals surface area contributed by atoms with Crippen LogP contribution in [0.1, 0.15) is 32.4 Å². The van der Waals surface area contributed by atoms with Gasteiger partial charge in [-0.05, 0) is 38.8 Å². The molecule has 0 aliphatic heterocycles. The largest absolute Gasteiger partial charge is 0.469 e. The molecule has 0 saturated heterocycles. The molecule has 1 aliphatic carbocycles. The Kier molecular flexibility index (Phi) is 3.84. The van der Waals surface area contributed by atoms with Crippen LogP contribution >= 0.6 is 0 Å². The van der Waals surface area contributed by atoms with Crippen LogP contribution in [0, 0.1) is 0 Å². The molecule has 4 nitrogen and oxygen atoms in total. The average Bonchev–Trinajstić information content (AvgIpc) is 2.93. The highest BCUT2D eigenvalue weighted by Crippen LogP contribution is 2.18. The third-order valence-electron chi connectivity index (χ3n) is 2.94. The predicted molar refractivity (Wildman–Crippen MR) is 65.6 cm³/mol. The fourth-order valence-corrected chi connectivity index (χ4v) is 1.85. The Labute approximate surface area is 102 Å². The molecular weight excluding hydrogens is 216 g/mol. The zero-order chi connectivity index (χ0) is 12.3. The number of rotatable bonds is 6. The molecule has 1 aliphatic rings. The summed E-state index contributed by atoms with van der Waals surface area (Å²) in [4.78, 5) is 11.7. The number of hydrogen-bond donors (Lipinski definition) is 2. The number of carbonyl (C=O) groups excluding carboxylic acids is 1. The number of nitrogens with one attached hydrogen (secondary N) is 2. The van der Waals surface area contributed by atoms with Crippen LogP contribution in [0.2, 0.25) is 0 Å². The van der Waals surface area contributed by atoms with Crippen molar-refractivity contribution in [3.05, 3.63) is 24.2 Å². The SMILES string of the molecule is CC(Cc1ccco1)NC(C)C(=O)NC1CC1. The van der Waals surface area contributed by atoms with Gasteiger partial charge in [0.2, 0.25) is 5.91 Å². The van der Waals surface area contributed by atoms with E-state index in [1.165, 1.54) is 0 Å². The first kappa shape index (κ1) is 12.2. The minimum absolute atomic E-state index is 0.0961. The van der Waals surface area contributed by atoms with Gasteiger partial charge in [0, 0.05) is 18.5 Å². The first-order valence-corrected chi connectivity index (χ1v) is 6.24. The highest BCUT2D eigenvalue weighted by atomic mass is 16.3. The molecule has 0 bridgehead atoms. The maximum atomic E-state index is 11.7. The Bertz CT molecular complexity index is 358. The summed E-state index contributed by atoms with van der Waals surface area (Å²) >= 11 is 0. The molecule has 0 radical (unpaired) electrons. The van der Waals surface area contributed by atoms with Gasteiger partial charge in [-0.25, -0.2) is 0 Å². The van der Waals surface area contributed by atoms with E-state index >= 15 is 0 Å². The van der Waals surface area contributed by atoms with Gasteiger partial charge in [0.15, 0.2) is 0 Å². The fraction of sp³-hybridized carbons (Fsp3) is 0.615. The summed E-state index contributed by atoms with van der Waals surface area (Å²) in [6, 6.07) is 4.33. The summed E-state index contributed by atoms with van der Waals surface area (Å²) in [5.74, 6) is 1.04. The van der Waals surface area contributed by atoms with Crippen LogP contribution < -0.4 is 10.6 Å². The molecule has 0 spiro atoms. The molecule has 1 heterocycles. The van der Waals surface area contributed by atoms with Crippen molar-refractivity contribution in [2.24, 2.45) is 0 Å². The minimum Gasteiger partial charge on any atom is -0.469 e. The van der Waals surface area contributed by atoms with Crippen molar-refractivity contribution < 1.29 is 9.21 Å². The van der Waals surface area contributed by atoms with Crippen molar-refractivity contribution >= 4 is 5.91 Å². The molecule has 1 fully saturated rings. The van der Waals surface area contributed by atoms with Crippen LogP contribution in [-0.4, -0.2) is 24.0 Å². The van der Waals surface area contributed by atoms with Crippen LogP contribution in [0.15, 0.2) is 22.8 Å². The van der Waals surface area contributed by atoms with Crippen LogP contribution in [0.3, 0.4) is 0 Å². The Hall–Kier alpha value is -1.29. The second-order valence-corrected chi connectivity index (χ2v) is 4.86. The van der Waals surface area contributed by atoms with E-state index < -0.39 is 0 Å². The van der Waals surface area contributed by atoms with E-state index in [9.17, 15) is 4.79 Å². The lowest BCUT2D eigenvalue weighted by Crippen LogP contribution is -2.46. The van der Waals surface area contributed by atoms with Crippen molar-refractivity contribution in [3.8, 4) is 0 Å². The summed E-state index contributed by atoms with van der Waals surface area (Å²) < 4.78 is 5.28. The number of amides is 1. The molecule has 2 atom stereocenters. The van der Waals surface area contributed by atoms with Crippen molar-refractivity contribution in [2.75, 3.05) is 0 Å². The molecule has 1 saturated carbocycles. The summed E-state index contributed by atoms with van der Waals surface area (Å²) in [5, 5.41) is 6.27. The average molecular weight is 236 g/mol. The van der Waals surface area contributed by atoms with Crippen LogP contribution in [0.25, 0.3) is 0 Å². The second-order valence-electron chi connectivity index (χ2n) is 4.86. The molecule has 94 valence electrons. The third-order valence-corrected chi connectivity index (χ3v) is 2.94. The summed E-state index contributed by atoms with van der Waals surface area (Å²) in [6.07, 6.45) is 4.72. The first-order chi connectivity index (χ1) is 8.15. The lowest BCUT2D eigenvalue weighted by atomic mass is 10.1. The monoisotopic (exact) mass is 236 g/mol. The van der Waals surface area contributed by atoms with Crippen molar-refractivity contribution in [1.29, 1.82) is 0 Å². The third kappa shape index (κ3) is 3.89. The van der Waals surface area contributed by atoms with Crippen LogP contribution in [0.4, 0.5) is 0 Å². The van der Waals surface area contributed by atoms with Gasteiger partial charge in [0.25, 0.3) is 0 Å². The molecule has 1 aromatic rings. The Morgan fingerprint density at radius 3 is 2.88 bits per heavy atom. The van der Waals surface area contributed by atoms with E-state index in [2.05, 4.69) is 17.6 Å². The molecule has 2 rings (SSSR count). The summed E-state index contributed by atoms with van der Waals surface area (Å²) in [5.41, 5.74) is 0. The predicted octanol–water partition coefficient (Wildman–Crippen LogP) is 1.47. The van der Waals surface area contributed by atoms with Gasteiger partial charge in [-0.3, -0.25) is 4.79 Å². The molecular formula is C13H20N2O2. The zero-order valence-corrected chi connectivity index (χ0v) is 10.4. The van der Waals surface area contributed by atoms with E-state index in [0.717, 1.165) is 25.0 Å². The van der Waals surface area contributed by atoms with E-state index in [4.69, 9.17) is 4.42 Å². The Morgan fingerprint density at radius 2 is 2.29 bits per heavy atom. The molecule has 2 unspecified atom stereocenters. The molecule has 0 aromatic carbocycles. The lowest BCUT2D eigenvalue weighted by Gasteiger charge is -2.18. The van der Waals surface area contributed by atoms with Gasteiger partial charge < -0.3 is 15.1 Å². The highest BCUT2D eigenvalue weighted by Gasteiger charge is 2.26. The van der Waals surface area contributed by atoms with Crippen molar-refractivity contribution in [3.63, 3.8) is 0 Å². The number of carbonyl (C=O) groups is 1. The van der Waals surface area contributed by atoms with Gasteiger partial charge in [0.1, 0.15) is 5.76 Å². The standard InChI is InChI=1S/C13H20N2O2/c1-9(8-12-4-3-7-17-12)14-10(2)13(16)15-11-5-6-11/h3-4,7,9-11,14H,5-6,8H2,1-2H3,(H,15,16).